The number of hydrogen-bond acceptors (Lipinski definition) is 5. The number of aryl methyl sites for hydroxylation is 1. The van der Waals surface area contributed by atoms with Gasteiger partial charge < -0.3 is 14.9 Å². The molecule has 36 heavy (non-hydrogen) atoms. The maximum absolute atomic E-state index is 14.1. The number of benzene rings is 1. The molecule has 0 unspecified atom stereocenters. The Morgan fingerprint density at radius 2 is 1.89 bits per heavy atom. The Morgan fingerprint density at radius 3 is 2.53 bits per heavy atom. The van der Waals surface area contributed by atoms with Crippen LogP contribution in [0, 0.1) is 11.8 Å². The van der Waals surface area contributed by atoms with Crippen molar-refractivity contribution < 1.29 is 27.9 Å². The minimum atomic E-state index is -4.70. The number of aromatic nitrogens is 3. The molecule has 1 fully saturated rings. The summed E-state index contributed by atoms with van der Waals surface area (Å²) in [5.41, 5.74) is 2.97. The third-order valence-corrected chi connectivity index (χ3v) is 7.20. The van der Waals surface area contributed by atoms with Gasteiger partial charge in [0, 0.05) is 31.3 Å². The van der Waals surface area contributed by atoms with Crippen LogP contribution in [0.5, 0.6) is 0 Å². The van der Waals surface area contributed by atoms with E-state index >= 15 is 0 Å². The Bertz CT molecular complexity index is 1320. The molecule has 1 aliphatic carbocycles. The standard InChI is InChI=1S/C24H23ClF3N5O3/c1-31(22(34)14-9-15(10-14)23(35)36)21(24(26,27)28)13-4-6-16(7-5-13)32-8-2-3-17-18(32)12-29-20-11-19(25)30-33(17)20/h4-7,11-12,14-15,21H,2-3,8-10H2,1H3,(H,35,36)/t14-,15-,21-/m0/s1. The third kappa shape index (κ3) is 4.25. The van der Waals surface area contributed by atoms with Crippen molar-refractivity contribution >= 4 is 40.5 Å². The van der Waals surface area contributed by atoms with Crippen LogP contribution >= 0.6 is 11.6 Å². The van der Waals surface area contributed by atoms with Crippen molar-refractivity contribution in [1.29, 1.82) is 0 Å². The van der Waals surface area contributed by atoms with Crippen LogP contribution in [0.25, 0.3) is 5.65 Å². The highest BCUT2D eigenvalue weighted by Gasteiger charge is 2.48. The van der Waals surface area contributed by atoms with Crippen LogP contribution in [-0.2, 0) is 16.0 Å². The van der Waals surface area contributed by atoms with Gasteiger partial charge in [0.05, 0.1) is 23.5 Å². The van der Waals surface area contributed by atoms with Crippen molar-refractivity contribution in [2.24, 2.45) is 11.8 Å². The lowest BCUT2D eigenvalue weighted by atomic mass is 9.74. The van der Waals surface area contributed by atoms with Crippen LogP contribution in [0.1, 0.15) is 36.6 Å². The minimum Gasteiger partial charge on any atom is -0.481 e. The van der Waals surface area contributed by atoms with Crippen molar-refractivity contribution in [2.75, 3.05) is 18.5 Å². The van der Waals surface area contributed by atoms with E-state index < -0.39 is 35.9 Å². The number of fused-ring (bicyclic) bond motifs is 3. The fourth-order valence-corrected chi connectivity index (χ4v) is 5.28. The molecule has 1 amide bonds. The summed E-state index contributed by atoms with van der Waals surface area (Å²) >= 11 is 6.03. The largest absolute Gasteiger partial charge is 0.481 e. The summed E-state index contributed by atoms with van der Waals surface area (Å²) in [5.74, 6) is -3.13. The summed E-state index contributed by atoms with van der Waals surface area (Å²) in [6.07, 6.45) is -1.31. The molecule has 1 aromatic carbocycles. The quantitative estimate of drug-likeness (QED) is 0.526. The highest BCUT2D eigenvalue weighted by molar-refractivity contribution is 6.29. The van der Waals surface area contributed by atoms with E-state index in [2.05, 4.69) is 10.1 Å². The predicted molar refractivity (Wildman–Crippen MR) is 125 cm³/mol. The lowest BCUT2D eigenvalue weighted by Crippen LogP contribution is -2.46. The molecular weight excluding hydrogens is 499 g/mol. The van der Waals surface area contributed by atoms with Crippen LogP contribution in [-0.4, -0.2) is 56.2 Å². The average Bonchev–Trinajstić information content (AvgIpc) is 3.17. The second kappa shape index (κ2) is 8.95. The minimum absolute atomic E-state index is 0.0547. The smallest absolute Gasteiger partial charge is 0.413 e. The molecule has 5 rings (SSSR count). The number of carbonyl (C=O) groups excluding carboxylic acids is 1. The summed E-state index contributed by atoms with van der Waals surface area (Å²) in [5, 5.41) is 13.6. The van der Waals surface area contributed by atoms with Crippen LogP contribution in [0.15, 0.2) is 36.5 Å². The van der Waals surface area contributed by atoms with Gasteiger partial charge in [-0.3, -0.25) is 9.59 Å². The van der Waals surface area contributed by atoms with Gasteiger partial charge in [-0.25, -0.2) is 9.50 Å². The first-order valence-corrected chi connectivity index (χ1v) is 11.9. The van der Waals surface area contributed by atoms with Gasteiger partial charge in [0.25, 0.3) is 0 Å². The number of nitrogens with zero attached hydrogens (tertiary/aromatic N) is 5. The van der Waals surface area contributed by atoms with Crippen LogP contribution in [0.3, 0.4) is 0 Å². The zero-order chi connectivity index (χ0) is 25.8. The number of carbonyl (C=O) groups is 2. The number of carboxylic acid groups (broad SMARTS) is 1. The average molecular weight is 522 g/mol. The number of hydrogen-bond donors (Lipinski definition) is 1. The molecule has 3 aromatic rings. The molecule has 1 saturated carbocycles. The number of anilines is 2. The molecule has 3 heterocycles. The van der Waals surface area contributed by atoms with E-state index in [9.17, 15) is 22.8 Å². The van der Waals surface area contributed by atoms with E-state index in [1.54, 1.807) is 28.9 Å². The van der Waals surface area contributed by atoms with Gasteiger partial charge in [0.15, 0.2) is 16.8 Å². The van der Waals surface area contributed by atoms with Gasteiger partial charge in [-0.05, 0) is 43.4 Å². The lowest BCUT2D eigenvalue weighted by Gasteiger charge is -2.38. The van der Waals surface area contributed by atoms with Gasteiger partial charge in [0.2, 0.25) is 5.91 Å². The van der Waals surface area contributed by atoms with Gasteiger partial charge in [-0.2, -0.15) is 18.3 Å². The summed E-state index contributed by atoms with van der Waals surface area (Å²) in [7, 11) is 1.12. The maximum Gasteiger partial charge on any atom is 0.413 e. The normalized spacial score (nSPS) is 20.5. The number of aliphatic carboxylic acids is 1. The van der Waals surface area contributed by atoms with E-state index in [4.69, 9.17) is 16.7 Å². The predicted octanol–water partition coefficient (Wildman–Crippen LogP) is 4.64. The van der Waals surface area contributed by atoms with Crippen molar-refractivity contribution in [3.05, 3.63) is 52.9 Å². The molecule has 2 aliphatic rings. The van der Waals surface area contributed by atoms with E-state index in [-0.39, 0.29) is 18.4 Å². The Hall–Kier alpha value is -3.34. The molecule has 0 saturated heterocycles. The fourth-order valence-electron chi connectivity index (χ4n) is 5.10. The highest BCUT2D eigenvalue weighted by atomic mass is 35.5. The Kier molecular flexibility index (Phi) is 6.06. The molecule has 1 aliphatic heterocycles. The van der Waals surface area contributed by atoms with Gasteiger partial charge >= 0.3 is 12.1 Å². The highest BCUT2D eigenvalue weighted by Crippen LogP contribution is 2.42. The SMILES string of the molecule is CN(C(=O)[C@H]1C[C@H](C(=O)O)C1)[C@@H](c1ccc(N2CCCc3c2cnc2cc(Cl)nn32)cc1)C(F)(F)F. The monoisotopic (exact) mass is 521 g/mol. The first-order valence-electron chi connectivity index (χ1n) is 11.5. The van der Waals surface area contributed by atoms with E-state index in [1.165, 1.54) is 12.1 Å². The van der Waals surface area contributed by atoms with Gasteiger partial charge in [0.1, 0.15) is 0 Å². The number of carboxylic acids is 1. The van der Waals surface area contributed by atoms with Crippen LogP contribution < -0.4 is 4.90 Å². The van der Waals surface area contributed by atoms with Crippen LogP contribution in [0.4, 0.5) is 24.5 Å². The van der Waals surface area contributed by atoms with Gasteiger partial charge in [-0.1, -0.05) is 23.7 Å². The maximum atomic E-state index is 14.1. The molecule has 2 aromatic heterocycles. The molecule has 1 N–H and O–H groups in total. The Balaban J connectivity index is 1.40. The number of rotatable bonds is 5. The third-order valence-electron chi connectivity index (χ3n) is 7.02. The fraction of sp³-hybridized carbons (Fsp3) is 0.417. The number of halogens is 4. The zero-order valence-corrected chi connectivity index (χ0v) is 20.0. The topological polar surface area (TPSA) is 91.0 Å². The van der Waals surface area contributed by atoms with E-state index in [1.807, 2.05) is 4.90 Å². The summed E-state index contributed by atoms with van der Waals surface area (Å²) < 4.78 is 43.9. The molecule has 1 atom stereocenters. The summed E-state index contributed by atoms with van der Waals surface area (Å²) in [4.78, 5) is 30.8. The molecule has 12 heteroatoms. The van der Waals surface area contributed by atoms with Crippen molar-refractivity contribution in [1.82, 2.24) is 19.5 Å². The number of amides is 1. The molecule has 0 bridgehead atoms. The van der Waals surface area contributed by atoms with Crippen molar-refractivity contribution in [3.63, 3.8) is 0 Å². The Labute approximate surface area is 209 Å². The van der Waals surface area contributed by atoms with Crippen molar-refractivity contribution in [3.8, 4) is 0 Å². The summed E-state index contributed by atoms with van der Waals surface area (Å²) in [6, 6.07) is 5.49. The Morgan fingerprint density at radius 1 is 1.19 bits per heavy atom. The molecular formula is C24H23ClF3N5O3. The molecule has 0 spiro atoms. The first-order chi connectivity index (χ1) is 17.0. The molecule has 0 radical (unpaired) electrons. The molecule has 8 nitrogen and oxygen atoms in total. The van der Waals surface area contributed by atoms with E-state index in [0.717, 1.165) is 31.3 Å². The van der Waals surface area contributed by atoms with E-state index in [0.29, 0.717) is 27.9 Å². The first kappa shape index (κ1) is 24.4. The second-order valence-corrected chi connectivity index (χ2v) is 9.66. The summed E-state index contributed by atoms with van der Waals surface area (Å²) in [6.45, 7) is 0.655. The van der Waals surface area contributed by atoms with Crippen molar-refractivity contribution in [2.45, 2.75) is 37.9 Å². The zero-order valence-electron chi connectivity index (χ0n) is 19.2. The lowest BCUT2D eigenvalue weighted by molar-refractivity contribution is -0.192. The van der Waals surface area contributed by atoms with Gasteiger partial charge in [-0.15, -0.1) is 0 Å². The number of alkyl halides is 3. The molecule has 190 valence electrons. The van der Waals surface area contributed by atoms with Crippen LogP contribution in [0.2, 0.25) is 5.15 Å². The second-order valence-electron chi connectivity index (χ2n) is 9.27.